The zero-order valence-electron chi connectivity index (χ0n) is 10.9. The molecule has 1 aliphatic carbocycles. The molecule has 0 aliphatic heterocycles. The fraction of sp³-hybridized carbons (Fsp3) is 0.643. The summed E-state index contributed by atoms with van der Waals surface area (Å²) >= 11 is 0. The summed E-state index contributed by atoms with van der Waals surface area (Å²) in [5, 5.41) is 10.8. The first-order valence-corrected chi connectivity index (χ1v) is 6.37. The van der Waals surface area contributed by atoms with Gasteiger partial charge >= 0.3 is 0 Å². The van der Waals surface area contributed by atoms with E-state index in [0.717, 1.165) is 30.4 Å². The van der Waals surface area contributed by atoms with Crippen LogP contribution < -0.4 is 5.73 Å². The van der Waals surface area contributed by atoms with Crippen molar-refractivity contribution in [1.29, 1.82) is 0 Å². The molecule has 94 valence electrons. The molecular formula is C14H22N2O. The number of nitrogens with two attached hydrogens (primary N) is 1. The van der Waals surface area contributed by atoms with Gasteiger partial charge in [0.05, 0.1) is 5.60 Å². The molecule has 0 aromatic carbocycles. The van der Waals surface area contributed by atoms with Crippen LogP contribution in [0.4, 0.5) is 5.82 Å². The summed E-state index contributed by atoms with van der Waals surface area (Å²) in [6, 6.07) is 1.98. The van der Waals surface area contributed by atoms with Crippen LogP contribution in [0.25, 0.3) is 0 Å². The van der Waals surface area contributed by atoms with Crippen molar-refractivity contribution in [3.63, 3.8) is 0 Å². The topological polar surface area (TPSA) is 59.1 Å². The van der Waals surface area contributed by atoms with Crippen LogP contribution in [0.15, 0.2) is 12.3 Å². The molecule has 3 nitrogen and oxygen atoms in total. The van der Waals surface area contributed by atoms with Gasteiger partial charge in [-0.05, 0) is 49.7 Å². The summed E-state index contributed by atoms with van der Waals surface area (Å²) in [5.74, 6) is 1.67. The average molecular weight is 234 g/mol. The maximum Gasteiger partial charge on any atom is 0.129 e. The summed E-state index contributed by atoms with van der Waals surface area (Å²) in [5.41, 5.74) is 7.00. The third-order valence-electron chi connectivity index (χ3n) is 4.20. The molecule has 3 atom stereocenters. The minimum Gasteiger partial charge on any atom is -0.385 e. The minimum absolute atomic E-state index is 0.472. The van der Waals surface area contributed by atoms with E-state index in [1.165, 1.54) is 0 Å². The Morgan fingerprint density at radius 2 is 2.12 bits per heavy atom. The van der Waals surface area contributed by atoms with Crippen molar-refractivity contribution < 1.29 is 5.11 Å². The lowest BCUT2D eigenvalue weighted by Crippen LogP contribution is -2.36. The van der Waals surface area contributed by atoms with Gasteiger partial charge in [-0.3, -0.25) is 0 Å². The molecule has 1 saturated carbocycles. The molecule has 0 bridgehead atoms. The number of aliphatic hydroxyl groups is 1. The second-order valence-electron chi connectivity index (χ2n) is 5.67. The maximum absolute atomic E-state index is 10.8. The van der Waals surface area contributed by atoms with Gasteiger partial charge in [-0.1, -0.05) is 13.8 Å². The van der Waals surface area contributed by atoms with Gasteiger partial charge in [-0.2, -0.15) is 0 Å². The van der Waals surface area contributed by atoms with Crippen molar-refractivity contribution in [2.45, 2.75) is 45.6 Å². The van der Waals surface area contributed by atoms with Gasteiger partial charge in [0.2, 0.25) is 0 Å². The Kier molecular flexibility index (Phi) is 3.13. The standard InChI is InChI=1S/C14H22N2O/c1-9-6-12(13(15)16-8-9)14(17)5-4-10(2)11(3)7-14/h6,8,10-11,17H,4-5,7H2,1-3H3,(H2,15,16). The molecule has 1 aliphatic rings. The first-order valence-electron chi connectivity index (χ1n) is 6.37. The molecule has 1 aromatic heterocycles. The van der Waals surface area contributed by atoms with Gasteiger partial charge in [0.15, 0.2) is 0 Å². The van der Waals surface area contributed by atoms with Crippen LogP contribution in [0.1, 0.15) is 44.2 Å². The number of aryl methyl sites for hydroxylation is 1. The van der Waals surface area contributed by atoms with Gasteiger partial charge in [-0.25, -0.2) is 4.98 Å². The van der Waals surface area contributed by atoms with E-state index in [4.69, 9.17) is 5.73 Å². The maximum atomic E-state index is 10.8. The largest absolute Gasteiger partial charge is 0.385 e. The van der Waals surface area contributed by atoms with Crippen molar-refractivity contribution in [2.75, 3.05) is 5.73 Å². The Bertz CT molecular complexity index is 419. The molecule has 0 amide bonds. The Morgan fingerprint density at radius 1 is 1.41 bits per heavy atom. The highest BCUT2D eigenvalue weighted by atomic mass is 16.3. The van der Waals surface area contributed by atoms with Crippen molar-refractivity contribution in [2.24, 2.45) is 11.8 Å². The summed E-state index contributed by atoms with van der Waals surface area (Å²) < 4.78 is 0. The van der Waals surface area contributed by atoms with E-state index in [-0.39, 0.29) is 0 Å². The van der Waals surface area contributed by atoms with Crippen LogP contribution in [0, 0.1) is 18.8 Å². The fourth-order valence-corrected chi connectivity index (χ4v) is 2.78. The monoisotopic (exact) mass is 234 g/mol. The predicted molar refractivity (Wildman–Crippen MR) is 69.5 cm³/mol. The van der Waals surface area contributed by atoms with Crippen LogP contribution in [-0.2, 0) is 5.60 Å². The fourth-order valence-electron chi connectivity index (χ4n) is 2.78. The third-order valence-corrected chi connectivity index (χ3v) is 4.20. The van der Waals surface area contributed by atoms with Gasteiger partial charge < -0.3 is 10.8 Å². The number of rotatable bonds is 1. The molecule has 1 aromatic rings. The highest BCUT2D eigenvalue weighted by Gasteiger charge is 2.38. The van der Waals surface area contributed by atoms with Crippen LogP contribution in [0.5, 0.6) is 0 Å². The third kappa shape index (κ3) is 2.29. The van der Waals surface area contributed by atoms with Gasteiger partial charge in [0.25, 0.3) is 0 Å². The first-order chi connectivity index (χ1) is 7.92. The molecule has 0 spiro atoms. The number of nitrogen functional groups attached to an aromatic ring is 1. The molecular weight excluding hydrogens is 212 g/mol. The lowest BCUT2D eigenvalue weighted by atomic mass is 9.70. The number of hydrogen-bond acceptors (Lipinski definition) is 3. The minimum atomic E-state index is -0.783. The molecule has 1 fully saturated rings. The Balaban J connectivity index is 2.35. The van der Waals surface area contributed by atoms with Crippen LogP contribution >= 0.6 is 0 Å². The predicted octanol–water partition coefficient (Wildman–Crippen LogP) is 2.62. The number of pyridine rings is 1. The molecule has 2 rings (SSSR count). The van der Waals surface area contributed by atoms with Crippen molar-refractivity contribution in [3.8, 4) is 0 Å². The molecule has 0 saturated heterocycles. The number of hydrogen-bond donors (Lipinski definition) is 2. The van der Waals surface area contributed by atoms with Crippen molar-refractivity contribution >= 4 is 5.82 Å². The quantitative estimate of drug-likeness (QED) is 0.785. The van der Waals surface area contributed by atoms with E-state index < -0.39 is 5.60 Å². The van der Waals surface area contributed by atoms with E-state index in [1.807, 2.05) is 13.0 Å². The smallest absolute Gasteiger partial charge is 0.129 e. The average Bonchev–Trinajstić information content (AvgIpc) is 2.27. The van der Waals surface area contributed by atoms with Crippen LogP contribution in [0.3, 0.4) is 0 Å². The zero-order valence-corrected chi connectivity index (χ0v) is 10.9. The van der Waals surface area contributed by atoms with E-state index >= 15 is 0 Å². The lowest BCUT2D eigenvalue weighted by molar-refractivity contribution is -0.0332. The second kappa shape index (κ2) is 4.30. The molecule has 17 heavy (non-hydrogen) atoms. The first kappa shape index (κ1) is 12.4. The normalized spacial score (nSPS) is 33.6. The van der Waals surface area contributed by atoms with Crippen molar-refractivity contribution in [1.82, 2.24) is 4.98 Å². The second-order valence-corrected chi connectivity index (χ2v) is 5.67. The number of nitrogens with zero attached hydrogens (tertiary/aromatic N) is 1. The summed E-state index contributed by atoms with van der Waals surface area (Å²) in [4.78, 5) is 4.16. The van der Waals surface area contributed by atoms with E-state index in [2.05, 4.69) is 18.8 Å². The van der Waals surface area contributed by atoms with E-state index in [1.54, 1.807) is 6.20 Å². The summed E-state index contributed by atoms with van der Waals surface area (Å²) in [6.45, 7) is 6.44. The lowest BCUT2D eigenvalue weighted by Gasteiger charge is -2.39. The van der Waals surface area contributed by atoms with Gasteiger partial charge in [0, 0.05) is 11.8 Å². The molecule has 3 heteroatoms. The van der Waals surface area contributed by atoms with E-state index in [0.29, 0.717) is 17.7 Å². The van der Waals surface area contributed by atoms with E-state index in [9.17, 15) is 5.11 Å². The van der Waals surface area contributed by atoms with Gasteiger partial charge in [0.1, 0.15) is 5.82 Å². The molecule has 3 unspecified atom stereocenters. The number of aromatic nitrogens is 1. The Morgan fingerprint density at radius 3 is 2.76 bits per heavy atom. The number of anilines is 1. The van der Waals surface area contributed by atoms with Crippen LogP contribution in [-0.4, -0.2) is 10.1 Å². The summed E-state index contributed by atoms with van der Waals surface area (Å²) in [7, 11) is 0. The van der Waals surface area contributed by atoms with Gasteiger partial charge in [-0.15, -0.1) is 0 Å². The SMILES string of the molecule is Cc1cnc(N)c(C2(O)CCC(C)C(C)C2)c1. The molecule has 1 heterocycles. The van der Waals surface area contributed by atoms with Crippen molar-refractivity contribution in [3.05, 3.63) is 23.4 Å². The zero-order chi connectivity index (χ0) is 12.6. The van der Waals surface area contributed by atoms with Crippen LogP contribution in [0.2, 0.25) is 0 Å². The molecule has 0 radical (unpaired) electrons. The summed E-state index contributed by atoms with van der Waals surface area (Å²) in [6.07, 6.45) is 4.36. The Hall–Kier alpha value is -1.09. The highest BCUT2D eigenvalue weighted by Crippen LogP contribution is 2.43. The Labute approximate surface area is 103 Å². The molecule has 3 N–H and O–H groups in total. The highest BCUT2D eigenvalue weighted by molar-refractivity contribution is 5.45.